The smallest absolute Gasteiger partial charge is 0.125 e. The monoisotopic (exact) mass is 767 g/mol. The van der Waals surface area contributed by atoms with E-state index in [4.69, 9.17) is 9.97 Å². The number of aryl methyl sites for hydroxylation is 3. The fourth-order valence-electron chi connectivity index (χ4n) is 8.78. The molecule has 0 N–H and O–H groups in total. The highest BCUT2D eigenvalue weighted by molar-refractivity contribution is 5.11. The van der Waals surface area contributed by atoms with Crippen molar-refractivity contribution in [2.75, 3.05) is 0 Å². The first-order chi connectivity index (χ1) is 27.3. The van der Waals surface area contributed by atoms with Crippen LogP contribution in [0.4, 0.5) is 0 Å². The molecule has 324 valence electrons. The summed E-state index contributed by atoms with van der Waals surface area (Å²) in [7, 11) is 0. The highest BCUT2D eigenvalue weighted by Gasteiger charge is 2.04. The summed E-state index contributed by atoms with van der Waals surface area (Å²) in [4.78, 5) is 9.57. The van der Waals surface area contributed by atoms with Crippen LogP contribution in [0, 0.1) is 6.92 Å². The Labute approximate surface area is 348 Å². The average molecular weight is 767 g/mol. The molecule has 0 unspecified atom stereocenters. The fourth-order valence-corrected chi connectivity index (χ4v) is 8.78. The van der Waals surface area contributed by atoms with E-state index >= 15 is 0 Å². The maximum Gasteiger partial charge on any atom is 0.125 e. The Hall–Kier alpha value is -0.920. The van der Waals surface area contributed by atoms with Crippen molar-refractivity contribution in [1.29, 1.82) is 0 Å². The summed E-state index contributed by atoms with van der Waals surface area (Å²) in [6.45, 7) is 6.71. The Morgan fingerprint density at radius 3 is 0.600 bits per heavy atom. The number of nitrogens with zero attached hydrogens (tertiary/aromatic N) is 2. The van der Waals surface area contributed by atoms with Gasteiger partial charge in [0.2, 0.25) is 0 Å². The van der Waals surface area contributed by atoms with Crippen molar-refractivity contribution < 1.29 is 0 Å². The van der Waals surface area contributed by atoms with E-state index in [-0.39, 0.29) is 0 Å². The molecule has 0 fully saturated rings. The van der Waals surface area contributed by atoms with Crippen molar-refractivity contribution in [3.05, 3.63) is 23.3 Å². The van der Waals surface area contributed by atoms with Gasteiger partial charge in [-0.2, -0.15) is 0 Å². The third-order valence-electron chi connectivity index (χ3n) is 12.5. The Balaban J connectivity index is 1.83. The minimum atomic E-state index is 0.977. The van der Waals surface area contributed by atoms with Gasteiger partial charge in [0.1, 0.15) is 5.82 Å². The highest BCUT2D eigenvalue weighted by Crippen LogP contribution is 2.18. The third-order valence-corrected chi connectivity index (χ3v) is 12.5. The molecule has 0 amide bonds. The zero-order valence-electron chi connectivity index (χ0n) is 38.5. The summed E-state index contributed by atoms with van der Waals surface area (Å²) >= 11 is 0. The highest BCUT2D eigenvalue weighted by atomic mass is 14.9. The predicted octanol–water partition coefficient (Wildman–Crippen LogP) is 19.1. The van der Waals surface area contributed by atoms with Crippen LogP contribution in [0.1, 0.15) is 314 Å². The van der Waals surface area contributed by atoms with Gasteiger partial charge in [0.15, 0.2) is 0 Å². The number of rotatable bonds is 46. The molecule has 1 rings (SSSR count). The van der Waals surface area contributed by atoms with Crippen molar-refractivity contribution in [2.45, 2.75) is 316 Å². The van der Waals surface area contributed by atoms with Gasteiger partial charge in [-0.1, -0.05) is 284 Å². The van der Waals surface area contributed by atoms with Gasteiger partial charge in [0, 0.05) is 11.4 Å². The van der Waals surface area contributed by atoms with Gasteiger partial charge in [-0.15, -0.1) is 0 Å². The van der Waals surface area contributed by atoms with Crippen molar-refractivity contribution in [1.82, 2.24) is 9.97 Å². The maximum atomic E-state index is 4.79. The molecule has 0 aliphatic rings. The Kier molecular flexibility index (Phi) is 41.9. The molecule has 1 aromatic heterocycles. The van der Waals surface area contributed by atoms with E-state index in [0.29, 0.717) is 0 Å². The van der Waals surface area contributed by atoms with E-state index in [2.05, 4.69) is 26.8 Å². The lowest BCUT2D eigenvalue weighted by Crippen LogP contribution is -2.01. The van der Waals surface area contributed by atoms with Gasteiger partial charge in [-0.3, -0.25) is 0 Å². The molecule has 0 aliphatic heterocycles. The zero-order valence-corrected chi connectivity index (χ0v) is 38.5. The van der Waals surface area contributed by atoms with Crippen LogP contribution in [0.25, 0.3) is 0 Å². The van der Waals surface area contributed by atoms with Crippen LogP contribution < -0.4 is 0 Å². The number of unbranched alkanes of at least 4 members (excludes halogenated alkanes) is 42. The summed E-state index contributed by atoms with van der Waals surface area (Å²) < 4.78 is 0. The molecule has 55 heavy (non-hydrogen) atoms. The molecular formula is C53H102N2. The summed E-state index contributed by atoms with van der Waals surface area (Å²) in [5.41, 5.74) is 2.57. The number of aromatic nitrogens is 2. The molecule has 1 aromatic rings. The summed E-state index contributed by atoms with van der Waals surface area (Å²) in [5, 5.41) is 0. The van der Waals surface area contributed by atoms with Gasteiger partial charge in [-0.25, -0.2) is 9.97 Å². The van der Waals surface area contributed by atoms with Crippen molar-refractivity contribution >= 4 is 0 Å². The Bertz CT molecular complexity index is 798. The second-order valence-electron chi connectivity index (χ2n) is 18.2. The molecule has 0 atom stereocenters. The number of hydrogen-bond donors (Lipinski definition) is 0. The van der Waals surface area contributed by atoms with E-state index in [1.807, 2.05) is 0 Å². The van der Waals surface area contributed by atoms with Crippen LogP contribution in [0.5, 0.6) is 0 Å². The van der Waals surface area contributed by atoms with Crippen LogP contribution in [-0.4, -0.2) is 9.97 Å². The molecule has 0 bridgehead atoms. The second kappa shape index (κ2) is 44.2. The normalized spacial score (nSPS) is 11.6. The largest absolute Gasteiger partial charge is 0.238 e. The lowest BCUT2D eigenvalue weighted by molar-refractivity contribution is 0.518. The molecule has 1 heterocycles. The third kappa shape index (κ3) is 39.7. The average Bonchev–Trinajstić information content (AvgIpc) is 3.18. The molecule has 0 saturated carbocycles. The van der Waals surface area contributed by atoms with E-state index in [1.54, 1.807) is 0 Å². The van der Waals surface area contributed by atoms with Crippen LogP contribution >= 0.6 is 0 Å². The maximum absolute atomic E-state index is 4.79. The summed E-state index contributed by atoms with van der Waals surface area (Å²) in [6, 6.07) is 2.32. The van der Waals surface area contributed by atoms with Crippen LogP contribution in [0.3, 0.4) is 0 Å². The SMILES string of the molecule is CCCCCCCCCCCCCCCCCCCCCCCCc1cc(CCCCCCCCCCCCCCCCCCCCCCCC)nc(C)n1. The van der Waals surface area contributed by atoms with Crippen LogP contribution in [0.15, 0.2) is 6.07 Å². The van der Waals surface area contributed by atoms with Gasteiger partial charge in [0.25, 0.3) is 0 Å². The lowest BCUT2D eigenvalue weighted by atomic mass is 10.0. The van der Waals surface area contributed by atoms with Crippen LogP contribution in [0.2, 0.25) is 0 Å². The Morgan fingerprint density at radius 1 is 0.255 bits per heavy atom. The van der Waals surface area contributed by atoms with Gasteiger partial charge < -0.3 is 0 Å². The predicted molar refractivity (Wildman–Crippen MR) is 249 cm³/mol. The molecule has 0 radical (unpaired) electrons. The van der Waals surface area contributed by atoms with Crippen molar-refractivity contribution in [2.24, 2.45) is 0 Å². The standard InChI is InChI=1S/C53H102N2/c1-4-6-8-10-12-14-16-18-20-22-24-26-28-30-32-34-36-38-40-42-44-46-48-52-50-53(55-51(3)54-52)49-47-45-43-41-39-37-35-33-31-29-27-25-23-21-19-17-15-13-11-9-7-5-2/h50H,4-49H2,1-3H3. The summed E-state index contributed by atoms with van der Waals surface area (Å²) in [6.07, 6.45) is 65.9. The molecular weight excluding hydrogens is 665 g/mol. The van der Waals surface area contributed by atoms with Crippen molar-refractivity contribution in [3.8, 4) is 0 Å². The van der Waals surface area contributed by atoms with Crippen LogP contribution in [-0.2, 0) is 12.8 Å². The van der Waals surface area contributed by atoms with Gasteiger partial charge >= 0.3 is 0 Å². The molecule has 2 heteroatoms. The van der Waals surface area contributed by atoms with E-state index in [9.17, 15) is 0 Å². The fraction of sp³-hybridized carbons (Fsp3) is 0.925. The van der Waals surface area contributed by atoms with E-state index < -0.39 is 0 Å². The Morgan fingerprint density at radius 2 is 0.418 bits per heavy atom. The first-order valence-electron chi connectivity index (χ1n) is 26.1. The minimum absolute atomic E-state index is 0.977. The molecule has 0 aromatic carbocycles. The molecule has 2 nitrogen and oxygen atoms in total. The van der Waals surface area contributed by atoms with Crippen molar-refractivity contribution in [3.63, 3.8) is 0 Å². The van der Waals surface area contributed by atoms with Gasteiger partial charge in [0.05, 0.1) is 0 Å². The van der Waals surface area contributed by atoms with E-state index in [1.165, 1.54) is 294 Å². The quantitative estimate of drug-likeness (QED) is 0.0618. The molecule has 0 aliphatic carbocycles. The lowest BCUT2D eigenvalue weighted by Gasteiger charge is -2.07. The minimum Gasteiger partial charge on any atom is -0.238 e. The molecule has 0 saturated heterocycles. The van der Waals surface area contributed by atoms with E-state index in [0.717, 1.165) is 18.7 Å². The van der Waals surface area contributed by atoms with Gasteiger partial charge in [-0.05, 0) is 38.7 Å². The first-order valence-corrected chi connectivity index (χ1v) is 26.1. The zero-order chi connectivity index (χ0) is 39.4. The first kappa shape index (κ1) is 52.1. The molecule has 0 spiro atoms. The number of hydrogen-bond acceptors (Lipinski definition) is 2. The second-order valence-corrected chi connectivity index (χ2v) is 18.2. The summed E-state index contributed by atoms with van der Waals surface area (Å²) in [5.74, 6) is 0.977. The topological polar surface area (TPSA) is 25.8 Å².